The van der Waals surface area contributed by atoms with Gasteiger partial charge < -0.3 is 0 Å². The van der Waals surface area contributed by atoms with Gasteiger partial charge in [-0.3, -0.25) is 15.1 Å². The predicted molar refractivity (Wildman–Crippen MR) is 89.8 cm³/mol. The summed E-state index contributed by atoms with van der Waals surface area (Å²) >= 11 is 13.3. The van der Waals surface area contributed by atoms with Gasteiger partial charge in [0.1, 0.15) is 5.69 Å². The maximum absolute atomic E-state index is 12.2. The molecule has 110 valence electrons. The highest BCUT2D eigenvalue weighted by Gasteiger charge is 2.14. The number of nitrogens with one attached hydrogen (secondary N) is 1. The van der Waals surface area contributed by atoms with Crippen molar-refractivity contribution in [2.75, 3.05) is 5.32 Å². The van der Waals surface area contributed by atoms with Crippen LogP contribution < -0.4 is 5.32 Å². The average Bonchev–Trinajstić information content (AvgIpc) is 2.99. The Bertz CT molecular complexity index is 821. The number of benzene rings is 1. The van der Waals surface area contributed by atoms with Crippen molar-refractivity contribution in [3.8, 4) is 11.4 Å². The average molecular weight is 350 g/mol. The first-order valence-electron chi connectivity index (χ1n) is 6.27. The van der Waals surface area contributed by atoms with Crippen molar-refractivity contribution >= 4 is 45.6 Å². The van der Waals surface area contributed by atoms with Crippen LogP contribution in [0.1, 0.15) is 10.4 Å². The summed E-state index contributed by atoms with van der Waals surface area (Å²) in [6, 6.07) is 10.5. The van der Waals surface area contributed by atoms with Gasteiger partial charge in [0.2, 0.25) is 0 Å². The number of amides is 1. The molecule has 2 aromatic heterocycles. The molecule has 0 aliphatic rings. The fourth-order valence-corrected chi connectivity index (χ4v) is 2.89. The Kier molecular flexibility index (Phi) is 4.38. The summed E-state index contributed by atoms with van der Waals surface area (Å²) in [6.45, 7) is 0. The van der Waals surface area contributed by atoms with Gasteiger partial charge in [0.05, 0.1) is 21.3 Å². The zero-order valence-corrected chi connectivity index (χ0v) is 13.4. The van der Waals surface area contributed by atoms with E-state index in [1.807, 2.05) is 23.6 Å². The molecule has 0 bridgehead atoms. The van der Waals surface area contributed by atoms with Gasteiger partial charge in [0.25, 0.3) is 5.91 Å². The second-order valence-corrected chi connectivity index (χ2v) is 5.95. The monoisotopic (exact) mass is 349 g/mol. The molecule has 3 rings (SSSR count). The van der Waals surface area contributed by atoms with E-state index in [1.165, 1.54) is 11.3 Å². The van der Waals surface area contributed by atoms with Crippen LogP contribution in [-0.4, -0.2) is 15.9 Å². The van der Waals surface area contributed by atoms with Crippen molar-refractivity contribution < 1.29 is 4.79 Å². The third-order valence-electron chi connectivity index (χ3n) is 2.85. The number of halogens is 2. The molecule has 0 aliphatic carbocycles. The lowest BCUT2D eigenvalue weighted by Crippen LogP contribution is -2.12. The fourth-order valence-electron chi connectivity index (χ4n) is 1.81. The Labute approximate surface area is 140 Å². The van der Waals surface area contributed by atoms with E-state index in [4.69, 9.17) is 23.2 Å². The Hall–Kier alpha value is -1.95. The van der Waals surface area contributed by atoms with Gasteiger partial charge in [-0.15, -0.1) is 11.3 Å². The van der Waals surface area contributed by atoms with Gasteiger partial charge in [-0.1, -0.05) is 35.3 Å². The standard InChI is InChI=1S/C15H9Cl2N3OS/c16-10-5-3-4-9(13(10)17)14(21)20-15-19-12(8-22-15)11-6-1-2-7-18-11/h1-8H,(H,19,20,21). The van der Waals surface area contributed by atoms with E-state index < -0.39 is 0 Å². The number of carbonyl (C=O) groups is 1. The quantitative estimate of drug-likeness (QED) is 0.741. The maximum Gasteiger partial charge on any atom is 0.259 e. The molecule has 7 heteroatoms. The van der Waals surface area contributed by atoms with Crippen LogP contribution in [0.15, 0.2) is 48.0 Å². The first-order valence-corrected chi connectivity index (χ1v) is 7.91. The minimum absolute atomic E-state index is 0.225. The molecule has 1 amide bonds. The Morgan fingerprint density at radius 2 is 1.95 bits per heavy atom. The lowest BCUT2D eigenvalue weighted by molar-refractivity contribution is 0.102. The molecule has 0 spiro atoms. The first kappa shape index (κ1) is 15.0. The van der Waals surface area contributed by atoms with Gasteiger partial charge in [-0.2, -0.15) is 0 Å². The number of pyridine rings is 1. The molecule has 4 nitrogen and oxygen atoms in total. The number of hydrogen-bond acceptors (Lipinski definition) is 4. The second kappa shape index (κ2) is 6.44. The van der Waals surface area contributed by atoms with Gasteiger partial charge in [-0.25, -0.2) is 4.98 Å². The van der Waals surface area contributed by atoms with Crippen molar-refractivity contribution in [2.24, 2.45) is 0 Å². The summed E-state index contributed by atoms with van der Waals surface area (Å²) in [5.74, 6) is -0.352. The lowest BCUT2D eigenvalue weighted by atomic mass is 10.2. The summed E-state index contributed by atoms with van der Waals surface area (Å²) in [6.07, 6.45) is 1.69. The molecule has 22 heavy (non-hydrogen) atoms. The zero-order valence-electron chi connectivity index (χ0n) is 11.1. The molecule has 1 aromatic carbocycles. The molecule has 3 aromatic rings. The van der Waals surface area contributed by atoms with Crippen LogP contribution in [0.4, 0.5) is 5.13 Å². The summed E-state index contributed by atoms with van der Waals surface area (Å²) in [5, 5.41) is 5.58. The van der Waals surface area contributed by atoms with Crippen LogP contribution in [0.3, 0.4) is 0 Å². The van der Waals surface area contributed by atoms with E-state index in [2.05, 4.69) is 15.3 Å². The number of nitrogens with zero attached hydrogens (tertiary/aromatic N) is 2. The summed E-state index contributed by atoms with van der Waals surface area (Å²) < 4.78 is 0. The zero-order chi connectivity index (χ0) is 15.5. The number of thiazole rings is 1. The third kappa shape index (κ3) is 3.11. The number of rotatable bonds is 3. The first-order chi connectivity index (χ1) is 10.6. The molecule has 2 heterocycles. The van der Waals surface area contributed by atoms with Gasteiger partial charge in [0.15, 0.2) is 5.13 Å². The maximum atomic E-state index is 12.2. The van der Waals surface area contributed by atoms with Crippen LogP contribution in [-0.2, 0) is 0 Å². The molecule has 0 radical (unpaired) electrons. The largest absolute Gasteiger partial charge is 0.298 e. The number of carbonyl (C=O) groups excluding carboxylic acids is 1. The van der Waals surface area contributed by atoms with E-state index in [0.717, 1.165) is 5.69 Å². The van der Waals surface area contributed by atoms with Crippen molar-refractivity contribution in [1.82, 2.24) is 9.97 Å². The van der Waals surface area contributed by atoms with Crippen molar-refractivity contribution in [2.45, 2.75) is 0 Å². The lowest BCUT2D eigenvalue weighted by Gasteiger charge is -2.05. The van der Waals surface area contributed by atoms with E-state index in [9.17, 15) is 4.79 Å². The smallest absolute Gasteiger partial charge is 0.259 e. The van der Waals surface area contributed by atoms with Crippen LogP contribution >= 0.6 is 34.5 Å². The molecular formula is C15H9Cl2N3OS. The van der Waals surface area contributed by atoms with Crippen molar-refractivity contribution in [3.05, 3.63) is 63.6 Å². The normalized spacial score (nSPS) is 10.5. The summed E-state index contributed by atoms with van der Waals surface area (Å²) in [4.78, 5) is 20.8. The molecule has 0 unspecified atom stereocenters. The Morgan fingerprint density at radius 3 is 2.73 bits per heavy atom. The molecule has 0 aliphatic heterocycles. The summed E-state index contributed by atoms with van der Waals surface area (Å²) in [7, 11) is 0. The van der Waals surface area contributed by atoms with Crippen LogP contribution in [0.25, 0.3) is 11.4 Å². The van der Waals surface area contributed by atoms with Crippen LogP contribution in [0, 0.1) is 0 Å². The number of hydrogen-bond donors (Lipinski definition) is 1. The van der Waals surface area contributed by atoms with Gasteiger partial charge in [-0.05, 0) is 24.3 Å². The fraction of sp³-hybridized carbons (Fsp3) is 0. The molecule has 0 saturated heterocycles. The SMILES string of the molecule is O=C(Nc1nc(-c2ccccn2)cs1)c1cccc(Cl)c1Cl. The predicted octanol–water partition coefficient (Wildman–Crippen LogP) is 4.76. The minimum atomic E-state index is -0.352. The number of anilines is 1. The summed E-state index contributed by atoms with van der Waals surface area (Å²) in [5.41, 5.74) is 1.77. The van der Waals surface area contributed by atoms with E-state index in [1.54, 1.807) is 24.4 Å². The van der Waals surface area contributed by atoms with Crippen molar-refractivity contribution in [3.63, 3.8) is 0 Å². The van der Waals surface area contributed by atoms with E-state index in [0.29, 0.717) is 21.4 Å². The highest BCUT2D eigenvalue weighted by atomic mass is 35.5. The molecule has 0 saturated carbocycles. The third-order valence-corrected chi connectivity index (χ3v) is 4.42. The highest BCUT2D eigenvalue weighted by molar-refractivity contribution is 7.14. The van der Waals surface area contributed by atoms with Crippen molar-refractivity contribution in [1.29, 1.82) is 0 Å². The molecule has 0 atom stereocenters. The Balaban J connectivity index is 1.81. The van der Waals surface area contributed by atoms with E-state index >= 15 is 0 Å². The molecule has 1 N–H and O–H groups in total. The number of aromatic nitrogens is 2. The highest BCUT2D eigenvalue weighted by Crippen LogP contribution is 2.27. The Morgan fingerprint density at radius 1 is 1.09 bits per heavy atom. The minimum Gasteiger partial charge on any atom is -0.298 e. The van der Waals surface area contributed by atoms with Crippen LogP contribution in [0.2, 0.25) is 10.0 Å². The second-order valence-electron chi connectivity index (χ2n) is 4.31. The van der Waals surface area contributed by atoms with Crippen LogP contribution in [0.5, 0.6) is 0 Å². The molecular weight excluding hydrogens is 341 g/mol. The van der Waals surface area contributed by atoms with E-state index in [-0.39, 0.29) is 10.9 Å². The van der Waals surface area contributed by atoms with Gasteiger partial charge in [0, 0.05) is 11.6 Å². The van der Waals surface area contributed by atoms with Gasteiger partial charge >= 0.3 is 0 Å². The topological polar surface area (TPSA) is 54.9 Å². The molecule has 0 fully saturated rings.